The number of aliphatic carboxylic acids is 1. The summed E-state index contributed by atoms with van der Waals surface area (Å²) in [6, 6.07) is 6.35. The van der Waals surface area contributed by atoms with E-state index in [9.17, 15) is 13.2 Å². The Balaban J connectivity index is 2.09. The van der Waals surface area contributed by atoms with Gasteiger partial charge in [-0.1, -0.05) is 23.7 Å². The number of carboxylic acid groups (broad SMARTS) is 1. The van der Waals surface area contributed by atoms with Crippen LogP contribution in [0.25, 0.3) is 0 Å². The van der Waals surface area contributed by atoms with E-state index in [1.807, 2.05) is 0 Å². The van der Waals surface area contributed by atoms with Crippen molar-refractivity contribution in [1.29, 1.82) is 0 Å². The highest BCUT2D eigenvalue weighted by Gasteiger charge is 2.33. The molecule has 0 amide bonds. The predicted octanol–water partition coefficient (Wildman–Crippen LogP) is 2.22. The van der Waals surface area contributed by atoms with Crippen LogP contribution >= 0.6 is 11.6 Å². The van der Waals surface area contributed by atoms with E-state index >= 15 is 0 Å². The molecule has 1 aliphatic heterocycles. The molecule has 1 aliphatic rings. The van der Waals surface area contributed by atoms with Gasteiger partial charge in [0.1, 0.15) is 4.90 Å². The fraction of sp³-hybridized carbons (Fsp3) is 0.462. The van der Waals surface area contributed by atoms with Gasteiger partial charge in [0.05, 0.1) is 5.02 Å². The minimum atomic E-state index is -3.59. The summed E-state index contributed by atoms with van der Waals surface area (Å²) < 4.78 is 26.3. The number of carboxylic acids is 1. The summed E-state index contributed by atoms with van der Waals surface area (Å²) in [6.45, 7) is 0.776. The van der Waals surface area contributed by atoms with Crippen LogP contribution < -0.4 is 0 Å². The topological polar surface area (TPSA) is 74.7 Å². The first-order chi connectivity index (χ1) is 9.41. The highest BCUT2D eigenvalue weighted by molar-refractivity contribution is 7.89. The van der Waals surface area contributed by atoms with Gasteiger partial charge in [0.2, 0.25) is 10.0 Å². The first-order valence-electron chi connectivity index (χ1n) is 6.37. The third-order valence-electron chi connectivity index (χ3n) is 3.47. The Bertz CT molecular complexity index is 602. The molecule has 5 nitrogen and oxygen atoms in total. The van der Waals surface area contributed by atoms with Crippen LogP contribution in [0.15, 0.2) is 29.2 Å². The molecule has 0 bridgehead atoms. The fourth-order valence-electron chi connectivity index (χ4n) is 2.37. The number of hydrogen-bond donors (Lipinski definition) is 1. The zero-order valence-corrected chi connectivity index (χ0v) is 12.4. The summed E-state index contributed by atoms with van der Waals surface area (Å²) >= 11 is 5.94. The Kier molecular flexibility index (Phi) is 4.67. The van der Waals surface area contributed by atoms with Gasteiger partial charge in [-0.3, -0.25) is 4.79 Å². The van der Waals surface area contributed by atoms with Gasteiger partial charge < -0.3 is 5.11 Å². The van der Waals surface area contributed by atoms with E-state index < -0.39 is 16.0 Å². The molecule has 0 radical (unpaired) electrons. The highest BCUT2D eigenvalue weighted by atomic mass is 35.5. The molecule has 1 atom stereocenters. The molecule has 1 N–H and O–H groups in total. The third-order valence-corrected chi connectivity index (χ3v) is 5.83. The molecule has 1 unspecified atom stereocenters. The van der Waals surface area contributed by atoms with Crippen molar-refractivity contribution in [2.24, 2.45) is 5.92 Å². The normalized spacial score (nSPS) is 20.1. The second kappa shape index (κ2) is 6.11. The van der Waals surface area contributed by atoms with Crippen LogP contribution in [-0.2, 0) is 14.8 Å². The molecule has 1 saturated heterocycles. The first kappa shape index (κ1) is 15.3. The van der Waals surface area contributed by atoms with Crippen LogP contribution in [0.1, 0.15) is 19.3 Å². The molecule has 1 fully saturated rings. The van der Waals surface area contributed by atoms with Crippen molar-refractivity contribution < 1.29 is 18.3 Å². The van der Waals surface area contributed by atoms with Gasteiger partial charge in [-0.15, -0.1) is 0 Å². The number of benzene rings is 1. The molecule has 0 saturated carbocycles. The zero-order valence-electron chi connectivity index (χ0n) is 10.8. The molecule has 7 heteroatoms. The lowest BCUT2D eigenvalue weighted by molar-refractivity contribution is -0.137. The van der Waals surface area contributed by atoms with Gasteiger partial charge in [-0.05, 0) is 30.9 Å². The van der Waals surface area contributed by atoms with Crippen molar-refractivity contribution in [2.75, 3.05) is 13.1 Å². The maximum absolute atomic E-state index is 12.5. The van der Waals surface area contributed by atoms with Crippen molar-refractivity contribution in [1.82, 2.24) is 4.31 Å². The second-order valence-corrected chi connectivity index (χ2v) is 7.19. The molecule has 0 aromatic heterocycles. The lowest BCUT2D eigenvalue weighted by Gasteiger charge is -2.17. The summed E-state index contributed by atoms with van der Waals surface area (Å²) in [5, 5.41) is 8.87. The van der Waals surface area contributed by atoms with Crippen LogP contribution in [0.2, 0.25) is 5.02 Å². The average Bonchev–Trinajstić information content (AvgIpc) is 2.86. The highest BCUT2D eigenvalue weighted by Crippen LogP contribution is 2.30. The van der Waals surface area contributed by atoms with Gasteiger partial charge in [-0.2, -0.15) is 4.31 Å². The van der Waals surface area contributed by atoms with Crippen LogP contribution in [0.3, 0.4) is 0 Å². The van der Waals surface area contributed by atoms with E-state index in [2.05, 4.69) is 0 Å². The molecule has 1 aromatic rings. The van der Waals surface area contributed by atoms with Gasteiger partial charge in [0.15, 0.2) is 0 Å². The Labute approximate surface area is 123 Å². The minimum absolute atomic E-state index is 0.0741. The van der Waals surface area contributed by atoms with Gasteiger partial charge in [0, 0.05) is 19.5 Å². The Hall–Kier alpha value is -1.11. The summed E-state index contributed by atoms with van der Waals surface area (Å²) in [5.41, 5.74) is 0. The van der Waals surface area contributed by atoms with Crippen LogP contribution in [0.4, 0.5) is 0 Å². The number of hydrogen-bond acceptors (Lipinski definition) is 3. The predicted molar refractivity (Wildman–Crippen MR) is 75.2 cm³/mol. The monoisotopic (exact) mass is 317 g/mol. The van der Waals surface area contributed by atoms with Gasteiger partial charge in [-0.25, -0.2) is 8.42 Å². The fourth-order valence-corrected chi connectivity index (χ4v) is 4.40. The largest absolute Gasteiger partial charge is 0.481 e. The van der Waals surface area contributed by atoms with E-state index in [4.69, 9.17) is 16.7 Å². The van der Waals surface area contributed by atoms with Crippen molar-refractivity contribution in [3.63, 3.8) is 0 Å². The van der Waals surface area contributed by atoms with Gasteiger partial charge >= 0.3 is 5.97 Å². The summed E-state index contributed by atoms with van der Waals surface area (Å²) in [7, 11) is -3.59. The van der Waals surface area contributed by atoms with E-state index in [0.29, 0.717) is 25.9 Å². The second-order valence-electron chi connectivity index (χ2n) is 4.88. The number of sulfonamides is 1. The standard InChI is InChI=1S/C13H16ClNO4S/c14-11-3-1-2-4-12(11)20(18,19)15-8-7-10(9-15)5-6-13(16)17/h1-4,10H,5-9H2,(H,16,17). The lowest BCUT2D eigenvalue weighted by atomic mass is 10.0. The summed E-state index contributed by atoms with van der Waals surface area (Å²) in [6.07, 6.45) is 1.27. The smallest absolute Gasteiger partial charge is 0.303 e. The lowest BCUT2D eigenvalue weighted by Crippen LogP contribution is -2.29. The Morgan fingerprint density at radius 2 is 2.10 bits per heavy atom. The maximum Gasteiger partial charge on any atom is 0.303 e. The molecular weight excluding hydrogens is 302 g/mol. The van der Waals surface area contributed by atoms with Crippen molar-refractivity contribution in [3.05, 3.63) is 29.3 Å². The minimum Gasteiger partial charge on any atom is -0.481 e. The molecule has 0 spiro atoms. The number of halogens is 1. The number of carbonyl (C=O) groups is 1. The average molecular weight is 318 g/mol. The van der Waals surface area contributed by atoms with Crippen molar-refractivity contribution >= 4 is 27.6 Å². The molecule has 1 aromatic carbocycles. The van der Waals surface area contributed by atoms with E-state index in [1.54, 1.807) is 18.2 Å². The van der Waals surface area contributed by atoms with Crippen LogP contribution in [-0.4, -0.2) is 36.9 Å². The molecule has 0 aliphatic carbocycles. The van der Waals surface area contributed by atoms with Gasteiger partial charge in [0.25, 0.3) is 0 Å². The first-order valence-corrected chi connectivity index (χ1v) is 8.19. The van der Waals surface area contributed by atoms with Crippen molar-refractivity contribution in [3.8, 4) is 0 Å². The molecule has 2 rings (SSSR count). The molecule has 20 heavy (non-hydrogen) atoms. The third kappa shape index (κ3) is 3.31. The maximum atomic E-state index is 12.5. The Morgan fingerprint density at radius 3 is 2.75 bits per heavy atom. The molecule has 110 valence electrons. The zero-order chi connectivity index (χ0) is 14.8. The number of nitrogens with zero attached hydrogens (tertiary/aromatic N) is 1. The van der Waals surface area contributed by atoms with Crippen LogP contribution in [0.5, 0.6) is 0 Å². The van der Waals surface area contributed by atoms with Crippen LogP contribution in [0, 0.1) is 5.92 Å². The Morgan fingerprint density at radius 1 is 1.40 bits per heavy atom. The van der Waals surface area contributed by atoms with E-state index in [0.717, 1.165) is 0 Å². The van der Waals surface area contributed by atoms with E-state index in [1.165, 1.54) is 10.4 Å². The quantitative estimate of drug-likeness (QED) is 0.903. The summed E-state index contributed by atoms with van der Waals surface area (Å²) in [4.78, 5) is 10.7. The molecular formula is C13H16ClNO4S. The molecule has 1 heterocycles. The summed E-state index contributed by atoms with van der Waals surface area (Å²) in [5.74, 6) is -0.749. The van der Waals surface area contributed by atoms with Crippen molar-refractivity contribution in [2.45, 2.75) is 24.2 Å². The number of rotatable bonds is 5. The SMILES string of the molecule is O=C(O)CCC1CCN(S(=O)(=O)c2ccccc2Cl)C1. The van der Waals surface area contributed by atoms with E-state index in [-0.39, 0.29) is 22.3 Å².